The first-order chi connectivity index (χ1) is 16.9. The molecule has 2 aromatic carbocycles. The van der Waals surface area contributed by atoms with E-state index in [0.717, 1.165) is 12.0 Å². The van der Waals surface area contributed by atoms with Gasteiger partial charge in [-0.2, -0.15) is 0 Å². The quantitative estimate of drug-likeness (QED) is 0.493. The Morgan fingerprint density at radius 1 is 1.03 bits per heavy atom. The zero-order chi connectivity index (χ0) is 26.5. The van der Waals surface area contributed by atoms with Crippen molar-refractivity contribution in [1.29, 1.82) is 0 Å². The number of hydrogen-bond donors (Lipinski definition) is 2. The third kappa shape index (κ3) is 7.18. The number of carbonyl (C=O) groups excluding carboxylic acids is 2. The second-order valence-electron chi connectivity index (χ2n) is 10.9. The van der Waals surface area contributed by atoms with Crippen molar-refractivity contribution < 1.29 is 23.9 Å². The van der Waals surface area contributed by atoms with Crippen LogP contribution in [-0.2, 0) is 22.2 Å². The van der Waals surface area contributed by atoms with Crippen LogP contribution in [0.5, 0.6) is 5.75 Å². The third-order valence-corrected chi connectivity index (χ3v) is 11.7. The number of aryl methyl sites for hydroxylation is 1. The summed E-state index contributed by atoms with van der Waals surface area (Å²) >= 11 is 0. The molecule has 1 aliphatic rings. The van der Waals surface area contributed by atoms with Gasteiger partial charge in [0.15, 0.2) is 14.9 Å². The topological polar surface area (TPSA) is 88.1 Å². The molecule has 0 radical (unpaired) electrons. The van der Waals surface area contributed by atoms with Crippen molar-refractivity contribution in [1.82, 2.24) is 10.2 Å². The van der Waals surface area contributed by atoms with E-state index in [9.17, 15) is 14.7 Å². The first-order valence-corrected chi connectivity index (χ1v) is 15.5. The van der Waals surface area contributed by atoms with Crippen LogP contribution in [0.4, 0.5) is 0 Å². The Hall–Kier alpha value is -2.68. The van der Waals surface area contributed by atoms with Crippen LogP contribution < -0.4 is 10.1 Å². The minimum Gasteiger partial charge on any atom is -0.484 e. The number of amides is 2. The maximum absolute atomic E-state index is 12.7. The fourth-order valence-electron chi connectivity index (χ4n) is 3.75. The number of rotatable bonds is 9. The van der Waals surface area contributed by atoms with E-state index >= 15 is 0 Å². The van der Waals surface area contributed by atoms with Crippen LogP contribution in [0, 0.1) is 0 Å². The van der Waals surface area contributed by atoms with Gasteiger partial charge in [0.1, 0.15) is 5.75 Å². The molecule has 1 fully saturated rings. The number of β-amino-alcohol motifs (C(OH)–C–C–N with tert-alkyl or cyclic N) is 1. The number of benzene rings is 2. The average molecular weight is 513 g/mol. The molecule has 0 spiro atoms. The van der Waals surface area contributed by atoms with Gasteiger partial charge in [0.25, 0.3) is 11.8 Å². The summed E-state index contributed by atoms with van der Waals surface area (Å²) in [4.78, 5) is 26.7. The Kier molecular flexibility index (Phi) is 8.97. The lowest BCUT2D eigenvalue weighted by Crippen LogP contribution is -2.47. The van der Waals surface area contributed by atoms with Gasteiger partial charge in [0, 0.05) is 25.2 Å². The highest BCUT2D eigenvalue weighted by Crippen LogP contribution is 2.38. The van der Waals surface area contributed by atoms with E-state index < -0.39 is 14.4 Å². The van der Waals surface area contributed by atoms with Crippen LogP contribution in [-0.4, -0.2) is 62.0 Å². The predicted molar refractivity (Wildman–Crippen MR) is 144 cm³/mol. The van der Waals surface area contributed by atoms with Crippen molar-refractivity contribution in [2.75, 3.05) is 19.7 Å². The van der Waals surface area contributed by atoms with Gasteiger partial charge < -0.3 is 24.5 Å². The highest BCUT2D eigenvalue weighted by atomic mass is 28.4. The van der Waals surface area contributed by atoms with Crippen molar-refractivity contribution in [3.05, 3.63) is 65.2 Å². The van der Waals surface area contributed by atoms with Gasteiger partial charge in [0.2, 0.25) is 0 Å². The van der Waals surface area contributed by atoms with Crippen molar-refractivity contribution >= 4 is 20.1 Å². The van der Waals surface area contributed by atoms with E-state index in [1.165, 1.54) is 5.56 Å². The van der Waals surface area contributed by atoms with Gasteiger partial charge in [-0.15, -0.1) is 0 Å². The molecular weight excluding hydrogens is 472 g/mol. The second kappa shape index (κ2) is 11.6. The Morgan fingerprint density at radius 2 is 1.64 bits per heavy atom. The first-order valence-electron chi connectivity index (χ1n) is 12.6. The lowest BCUT2D eigenvalue weighted by molar-refractivity contribution is -0.132. The summed E-state index contributed by atoms with van der Waals surface area (Å²) in [5, 5.41) is 13.4. The molecule has 7 nitrogen and oxygen atoms in total. The number of likely N-dealkylation sites (tertiary alicyclic amines) is 1. The average Bonchev–Trinajstić information content (AvgIpc) is 3.20. The van der Waals surface area contributed by atoms with Crippen molar-refractivity contribution in [3.63, 3.8) is 0 Å². The number of hydrogen-bond acceptors (Lipinski definition) is 5. The number of carbonyl (C=O) groups is 2. The van der Waals surface area contributed by atoms with Crippen molar-refractivity contribution in [2.45, 2.75) is 71.0 Å². The van der Waals surface area contributed by atoms with Gasteiger partial charge >= 0.3 is 0 Å². The van der Waals surface area contributed by atoms with Crippen molar-refractivity contribution in [3.8, 4) is 5.75 Å². The number of aliphatic hydroxyl groups is 1. The van der Waals surface area contributed by atoms with E-state index in [1.807, 2.05) is 36.4 Å². The zero-order valence-electron chi connectivity index (χ0n) is 22.3. The summed E-state index contributed by atoms with van der Waals surface area (Å²) in [5.41, 5.74) is 2.76. The molecule has 1 heterocycles. The minimum atomic E-state index is -2.05. The summed E-state index contributed by atoms with van der Waals surface area (Å²) < 4.78 is 12.0. The van der Waals surface area contributed by atoms with E-state index in [1.54, 1.807) is 17.0 Å². The fraction of sp³-hybridized carbons (Fsp3) is 0.500. The first kappa shape index (κ1) is 27.9. The molecular formula is C28H40N2O5Si. The van der Waals surface area contributed by atoms with Crippen LogP contribution in [0.25, 0.3) is 0 Å². The molecule has 196 valence electrons. The Labute approximate surface area is 215 Å². The molecule has 2 atom stereocenters. The van der Waals surface area contributed by atoms with Gasteiger partial charge in [-0.1, -0.05) is 52.0 Å². The molecule has 2 amide bonds. The fourth-order valence-corrected chi connectivity index (χ4v) is 5.09. The summed E-state index contributed by atoms with van der Waals surface area (Å²) in [7, 11) is -2.05. The molecule has 0 saturated carbocycles. The maximum Gasteiger partial charge on any atom is 0.260 e. The molecule has 1 saturated heterocycles. The third-order valence-electron chi connectivity index (χ3n) is 7.20. The Bertz CT molecular complexity index is 1030. The largest absolute Gasteiger partial charge is 0.484 e. The smallest absolute Gasteiger partial charge is 0.260 e. The van der Waals surface area contributed by atoms with E-state index in [4.69, 9.17) is 9.16 Å². The maximum atomic E-state index is 12.7. The molecule has 36 heavy (non-hydrogen) atoms. The van der Waals surface area contributed by atoms with Gasteiger partial charge in [0.05, 0.1) is 12.2 Å². The standard InChI is InChI=1S/C28H40N2O5Si/c1-7-20-8-12-22(13-9-20)27(33)29-16-21-10-14-23(15-11-21)34-19-26(32)30-17-24(31)25(18-30)35-36(5,6)28(2,3)4/h8-15,24-25,31H,7,16-19H2,1-6H3,(H,29,33)/t24-,25-/m0/s1. The molecule has 2 N–H and O–H groups in total. The summed E-state index contributed by atoms with van der Waals surface area (Å²) in [6.07, 6.45) is -0.121. The number of ether oxygens (including phenoxy) is 1. The van der Waals surface area contributed by atoms with Gasteiger partial charge in [-0.05, 0) is 59.9 Å². The Balaban J connectivity index is 1.45. The monoisotopic (exact) mass is 512 g/mol. The Morgan fingerprint density at radius 3 is 2.22 bits per heavy atom. The van der Waals surface area contributed by atoms with E-state index in [0.29, 0.717) is 24.4 Å². The zero-order valence-corrected chi connectivity index (χ0v) is 23.3. The SMILES string of the molecule is CCc1ccc(C(=O)NCc2ccc(OCC(=O)N3C[C@H](O[Si](C)(C)C(C)(C)C)[C@@H](O)C3)cc2)cc1. The molecule has 0 bridgehead atoms. The minimum absolute atomic E-state index is 0.0302. The van der Waals surface area contributed by atoms with Crippen LogP contribution in [0.1, 0.15) is 49.2 Å². The summed E-state index contributed by atoms with van der Waals surface area (Å²) in [6, 6.07) is 14.9. The molecule has 1 aliphatic heterocycles. The molecule has 3 rings (SSSR count). The lowest BCUT2D eigenvalue weighted by Gasteiger charge is -2.38. The number of nitrogens with one attached hydrogen (secondary N) is 1. The van der Waals surface area contributed by atoms with Crippen molar-refractivity contribution in [2.24, 2.45) is 0 Å². The second-order valence-corrected chi connectivity index (χ2v) is 15.7. The van der Waals surface area contributed by atoms with Crippen LogP contribution in [0.2, 0.25) is 18.1 Å². The van der Waals surface area contributed by atoms with Gasteiger partial charge in [-0.3, -0.25) is 9.59 Å². The van der Waals surface area contributed by atoms with E-state index in [2.05, 4.69) is 46.1 Å². The van der Waals surface area contributed by atoms with Gasteiger partial charge in [-0.25, -0.2) is 0 Å². The van der Waals surface area contributed by atoms with Crippen LogP contribution in [0.15, 0.2) is 48.5 Å². The molecule has 0 aliphatic carbocycles. The lowest BCUT2D eigenvalue weighted by atomic mass is 10.1. The summed E-state index contributed by atoms with van der Waals surface area (Å²) in [5.74, 6) is 0.274. The molecule has 0 unspecified atom stereocenters. The van der Waals surface area contributed by atoms with Crippen LogP contribution in [0.3, 0.4) is 0 Å². The normalized spacial score (nSPS) is 18.2. The molecule has 2 aromatic rings. The molecule has 0 aromatic heterocycles. The number of aliphatic hydroxyl groups excluding tert-OH is 1. The highest BCUT2D eigenvalue weighted by molar-refractivity contribution is 6.74. The summed E-state index contributed by atoms with van der Waals surface area (Å²) in [6.45, 7) is 13.7. The highest BCUT2D eigenvalue weighted by Gasteiger charge is 2.44. The molecule has 8 heteroatoms. The predicted octanol–water partition coefficient (Wildman–Crippen LogP) is 4.15. The van der Waals surface area contributed by atoms with E-state index in [-0.39, 0.29) is 36.1 Å². The van der Waals surface area contributed by atoms with Crippen LogP contribution >= 0.6 is 0 Å². The number of nitrogens with zero attached hydrogens (tertiary/aromatic N) is 1.